The summed E-state index contributed by atoms with van der Waals surface area (Å²) in [5.74, 6) is -5.81. The number of aldehydes is 1. The Morgan fingerprint density at radius 1 is 0.882 bits per heavy atom. The molecule has 172 valence electrons. The Bertz CT molecular complexity index is 1360. The van der Waals surface area contributed by atoms with E-state index in [1.165, 1.54) is 36.4 Å². The summed E-state index contributed by atoms with van der Waals surface area (Å²) in [6, 6.07) is 8.32. The molecule has 0 radical (unpaired) electrons. The van der Waals surface area contributed by atoms with Crippen molar-refractivity contribution in [2.45, 2.75) is 16.2 Å². The molecular weight excluding hydrogens is 458 g/mol. The van der Waals surface area contributed by atoms with Gasteiger partial charge < -0.3 is 9.69 Å². The third-order valence-corrected chi connectivity index (χ3v) is 8.14. The number of benzene rings is 2. The number of hydrogen-bond donors (Lipinski definition) is 0. The molecule has 2 aromatic carbocycles. The number of likely N-dealkylation sites (tertiary alicyclic amines) is 1. The van der Waals surface area contributed by atoms with Crippen LogP contribution in [0.4, 0.5) is 0 Å². The molecule has 1 aliphatic heterocycles. The summed E-state index contributed by atoms with van der Waals surface area (Å²) < 4.78 is 13.2. The summed E-state index contributed by atoms with van der Waals surface area (Å²) in [6.07, 6.45) is 0.897. The van der Waals surface area contributed by atoms with Crippen LogP contribution < -0.4 is 0 Å². The number of rotatable bonds is 5. The highest BCUT2D eigenvalue weighted by atomic mass is 32.2. The van der Waals surface area contributed by atoms with Crippen molar-refractivity contribution in [1.29, 1.82) is 0 Å². The fourth-order valence-corrected chi connectivity index (χ4v) is 6.03. The van der Waals surface area contributed by atoms with E-state index in [2.05, 4.69) is 0 Å². The van der Waals surface area contributed by atoms with E-state index in [1.807, 2.05) is 11.9 Å². The Morgan fingerprint density at radius 2 is 1.41 bits per heavy atom. The molecule has 9 heteroatoms. The Hall–Kier alpha value is -3.43. The number of carbonyl (C=O) groups is 6. The minimum atomic E-state index is -1.83. The molecule has 3 aliphatic rings. The van der Waals surface area contributed by atoms with Gasteiger partial charge in [-0.1, -0.05) is 0 Å². The SMILES string of the molecule is CN1CCC(C(=O)C2C(=O)c3ccc(S(=O)c4ccc5c(c4)C(=O)C(C=O)C5=O)cc3C2=O)C1. The molecule has 0 bridgehead atoms. The van der Waals surface area contributed by atoms with Crippen LogP contribution in [0.25, 0.3) is 0 Å². The molecule has 2 aromatic rings. The predicted molar refractivity (Wildman–Crippen MR) is 119 cm³/mol. The van der Waals surface area contributed by atoms with E-state index in [0.717, 1.165) is 6.54 Å². The van der Waals surface area contributed by atoms with E-state index in [-0.39, 0.29) is 43.7 Å². The number of carbonyl (C=O) groups excluding carboxylic acids is 6. The third-order valence-electron chi connectivity index (χ3n) is 6.78. The van der Waals surface area contributed by atoms with E-state index in [9.17, 15) is 33.0 Å². The average Bonchev–Trinajstić information content (AvgIpc) is 3.45. The molecule has 1 fully saturated rings. The van der Waals surface area contributed by atoms with E-state index in [1.54, 1.807) is 0 Å². The van der Waals surface area contributed by atoms with Crippen LogP contribution >= 0.6 is 0 Å². The number of fused-ring (bicyclic) bond motifs is 2. The van der Waals surface area contributed by atoms with Crippen LogP contribution in [-0.2, 0) is 20.4 Å². The molecule has 0 aromatic heterocycles. The molecule has 4 unspecified atom stereocenters. The molecule has 0 amide bonds. The average molecular weight is 477 g/mol. The van der Waals surface area contributed by atoms with Crippen molar-refractivity contribution in [2.24, 2.45) is 17.8 Å². The summed E-state index contributed by atoms with van der Waals surface area (Å²) in [5, 5.41) is 0. The maximum absolute atomic E-state index is 13.2. The largest absolute Gasteiger partial charge is 0.306 e. The molecular formula is C25H19NO7S. The lowest BCUT2D eigenvalue weighted by Crippen LogP contribution is -2.32. The Balaban J connectivity index is 1.44. The quantitative estimate of drug-likeness (QED) is 0.470. The lowest BCUT2D eigenvalue weighted by molar-refractivity contribution is -0.123. The van der Waals surface area contributed by atoms with Crippen LogP contribution in [-0.4, -0.2) is 64.4 Å². The lowest BCUT2D eigenvalue weighted by Gasteiger charge is -2.12. The topological polar surface area (TPSA) is 123 Å². The zero-order chi connectivity index (χ0) is 24.3. The van der Waals surface area contributed by atoms with Gasteiger partial charge in [0.1, 0.15) is 18.1 Å². The third kappa shape index (κ3) is 3.26. The van der Waals surface area contributed by atoms with Gasteiger partial charge in [-0.3, -0.25) is 24.0 Å². The number of hydrogen-bond acceptors (Lipinski definition) is 8. The van der Waals surface area contributed by atoms with Gasteiger partial charge >= 0.3 is 0 Å². The summed E-state index contributed by atoms with van der Waals surface area (Å²) in [6.45, 7) is 1.23. The minimum Gasteiger partial charge on any atom is -0.306 e. The first-order valence-corrected chi connectivity index (χ1v) is 11.9. The Kier molecular flexibility index (Phi) is 5.33. The second kappa shape index (κ2) is 8.11. The van der Waals surface area contributed by atoms with Gasteiger partial charge in [0.15, 0.2) is 28.9 Å². The molecule has 1 saturated heterocycles. The van der Waals surface area contributed by atoms with Crippen molar-refractivity contribution in [3.05, 3.63) is 58.7 Å². The van der Waals surface area contributed by atoms with Crippen molar-refractivity contribution in [3.8, 4) is 0 Å². The number of nitrogens with zero attached hydrogens (tertiary/aromatic N) is 1. The van der Waals surface area contributed by atoms with Crippen molar-refractivity contribution < 1.29 is 33.0 Å². The second-order valence-corrected chi connectivity index (χ2v) is 10.3. The monoisotopic (exact) mass is 477 g/mol. The van der Waals surface area contributed by atoms with Crippen LogP contribution in [0.2, 0.25) is 0 Å². The fourth-order valence-electron chi connectivity index (χ4n) is 4.92. The fraction of sp³-hybridized carbons (Fsp3) is 0.280. The van der Waals surface area contributed by atoms with Gasteiger partial charge in [-0.25, -0.2) is 4.21 Å². The second-order valence-electron chi connectivity index (χ2n) is 8.84. The maximum Gasteiger partial charge on any atom is 0.181 e. The zero-order valence-electron chi connectivity index (χ0n) is 18.1. The van der Waals surface area contributed by atoms with Crippen LogP contribution in [0.5, 0.6) is 0 Å². The molecule has 8 nitrogen and oxygen atoms in total. The van der Waals surface area contributed by atoms with E-state index in [0.29, 0.717) is 19.3 Å². The lowest BCUT2D eigenvalue weighted by atomic mass is 9.88. The van der Waals surface area contributed by atoms with Gasteiger partial charge in [0.25, 0.3) is 0 Å². The summed E-state index contributed by atoms with van der Waals surface area (Å²) in [4.78, 5) is 76.8. The van der Waals surface area contributed by atoms with Crippen molar-refractivity contribution in [3.63, 3.8) is 0 Å². The van der Waals surface area contributed by atoms with Crippen molar-refractivity contribution >= 4 is 46.0 Å². The van der Waals surface area contributed by atoms with Gasteiger partial charge in [0, 0.05) is 44.5 Å². The zero-order valence-corrected chi connectivity index (χ0v) is 18.9. The van der Waals surface area contributed by atoms with Crippen LogP contribution in [0.3, 0.4) is 0 Å². The first-order valence-electron chi connectivity index (χ1n) is 10.8. The Morgan fingerprint density at radius 3 is 1.97 bits per heavy atom. The summed E-state index contributed by atoms with van der Waals surface area (Å²) in [7, 11) is 0.0457. The molecule has 0 saturated carbocycles. The van der Waals surface area contributed by atoms with Crippen molar-refractivity contribution in [2.75, 3.05) is 20.1 Å². The molecule has 34 heavy (non-hydrogen) atoms. The van der Waals surface area contributed by atoms with E-state index in [4.69, 9.17) is 0 Å². The highest BCUT2D eigenvalue weighted by Crippen LogP contribution is 2.34. The van der Waals surface area contributed by atoms with Crippen LogP contribution in [0, 0.1) is 17.8 Å². The molecule has 0 N–H and O–H groups in total. The molecule has 1 heterocycles. The van der Waals surface area contributed by atoms with Gasteiger partial charge in [-0.05, 0) is 56.4 Å². The van der Waals surface area contributed by atoms with E-state index < -0.39 is 45.8 Å². The molecule has 2 aliphatic carbocycles. The normalized spacial score (nSPS) is 24.9. The molecule has 4 atom stereocenters. The van der Waals surface area contributed by atoms with Gasteiger partial charge in [-0.2, -0.15) is 0 Å². The Labute approximate surface area is 196 Å². The summed E-state index contributed by atoms with van der Waals surface area (Å²) >= 11 is 0. The highest BCUT2D eigenvalue weighted by Gasteiger charge is 2.46. The minimum absolute atomic E-state index is 0.0348. The van der Waals surface area contributed by atoms with Gasteiger partial charge in [0.2, 0.25) is 0 Å². The van der Waals surface area contributed by atoms with E-state index >= 15 is 0 Å². The summed E-state index contributed by atoms with van der Waals surface area (Å²) in [5.41, 5.74) is 0.344. The van der Waals surface area contributed by atoms with Gasteiger partial charge in [0.05, 0.1) is 10.8 Å². The van der Waals surface area contributed by atoms with Crippen molar-refractivity contribution in [1.82, 2.24) is 4.90 Å². The number of ketones is 5. The number of Topliss-reactive ketones (excluding diaryl/α,β-unsaturated/α-hetero) is 5. The van der Waals surface area contributed by atoms with Gasteiger partial charge in [-0.15, -0.1) is 0 Å². The molecule has 5 rings (SSSR count). The smallest absolute Gasteiger partial charge is 0.181 e. The standard InChI is InChI=1S/C25H19NO7S/c1-26-7-6-12(10-26)21(28)20-24(31)16-5-3-14(9-18(16)25(20)32)34(33)13-2-4-15-17(8-13)23(30)19(11-27)22(15)29/h2-5,8-9,11-12,19-20H,6-7,10H2,1H3. The predicted octanol–water partition coefficient (Wildman–Crippen LogP) is 1.56. The highest BCUT2D eigenvalue weighted by molar-refractivity contribution is 7.85. The van der Waals surface area contributed by atoms with Crippen LogP contribution in [0.15, 0.2) is 46.2 Å². The molecule has 0 spiro atoms. The van der Waals surface area contributed by atoms with Crippen LogP contribution in [0.1, 0.15) is 47.9 Å². The maximum atomic E-state index is 13.2. The first-order chi connectivity index (χ1) is 16.2. The first kappa shape index (κ1) is 22.4.